The van der Waals surface area contributed by atoms with Crippen molar-refractivity contribution in [1.82, 2.24) is 5.32 Å². The molecule has 1 heterocycles. The molecule has 0 amide bonds. The smallest absolute Gasteiger partial charge is 0.138 e. The molecule has 0 saturated carbocycles. The second kappa shape index (κ2) is 8.84. The molecule has 1 aromatic heterocycles. The Kier molecular flexibility index (Phi) is 6.26. The van der Waals surface area contributed by atoms with Crippen LogP contribution in [0, 0.1) is 0 Å². The zero-order chi connectivity index (χ0) is 20.0. The Morgan fingerprint density at radius 1 is 1.04 bits per heavy atom. The van der Waals surface area contributed by atoms with Crippen LogP contribution in [0.2, 0.25) is 0 Å². The van der Waals surface area contributed by atoms with E-state index in [0.29, 0.717) is 5.71 Å². The molecule has 3 rings (SSSR count). The van der Waals surface area contributed by atoms with Gasteiger partial charge in [-0.2, -0.15) is 0 Å². The van der Waals surface area contributed by atoms with Crippen molar-refractivity contribution in [2.24, 2.45) is 20.7 Å². The Hall–Kier alpha value is -2.93. The molecule has 5 nitrogen and oxygen atoms in total. The molecule has 0 aliphatic heterocycles. The minimum absolute atomic E-state index is 0.415. The minimum atomic E-state index is -1.11. The lowest BCUT2D eigenvalue weighted by Crippen LogP contribution is -2.57. The monoisotopic (exact) mass is 389 g/mol. The Morgan fingerprint density at radius 3 is 2.25 bits per heavy atom. The summed E-state index contributed by atoms with van der Waals surface area (Å²) in [4.78, 5) is 13.0. The van der Waals surface area contributed by atoms with Crippen LogP contribution in [0.25, 0.3) is 0 Å². The molecule has 0 aliphatic rings. The summed E-state index contributed by atoms with van der Waals surface area (Å²) in [6.45, 7) is 7.44. The van der Waals surface area contributed by atoms with E-state index in [9.17, 15) is 0 Å². The summed E-state index contributed by atoms with van der Waals surface area (Å²) in [6.07, 6.45) is -0.415. The number of hydrogen-bond donors (Lipinski definition) is 2. The lowest BCUT2D eigenvalue weighted by molar-refractivity contribution is 0.399. The van der Waals surface area contributed by atoms with Gasteiger partial charge in [-0.05, 0) is 36.0 Å². The van der Waals surface area contributed by atoms with Crippen molar-refractivity contribution in [2.75, 3.05) is 7.05 Å². The summed E-state index contributed by atoms with van der Waals surface area (Å²) >= 11 is 1.50. The summed E-state index contributed by atoms with van der Waals surface area (Å²) in [7, 11) is 1.73. The summed E-state index contributed by atoms with van der Waals surface area (Å²) in [5, 5.41) is 6.19. The molecule has 2 unspecified atom stereocenters. The fraction of sp³-hybridized carbons (Fsp3) is 0.136. The second-order valence-corrected chi connectivity index (χ2v) is 7.08. The average molecular weight is 390 g/mol. The molecule has 0 aliphatic carbocycles. The van der Waals surface area contributed by atoms with Crippen molar-refractivity contribution in [3.05, 3.63) is 88.8 Å². The minimum Gasteiger partial charge on any atom is -0.304 e. The van der Waals surface area contributed by atoms with E-state index in [0.717, 1.165) is 21.7 Å². The van der Waals surface area contributed by atoms with Gasteiger partial charge in [-0.15, -0.1) is 11.3 Å². The molecule has 2 aromatic carbocycles. The standard InChI is InChI=1S/C22H23N5S/c1-24-19(18-14-15-28-21(18)26-3)22(23,17-12-8-5-9-13-17)27-20(25-2)16-10-6-4-7-11-16/h4-15,20,27H,2-3,23H2,1H3. The van der Waals surface area contributed by atoms with Gasteiger partial charge in [0.15, 0.2) is 0 Å². The van der Waals surface area contributed by atoms with Gasteiger partial charge >= 0.3 is 0 Å². The Balaban J connectivity index is 2.13. The predicted octanol–water partition coefficient (Wildman–Crippen LogP) is 4.30. The topological polar surface area (TPSA) is 75.1 Å². The lowest BCUT2D eigenvalue weighted by Gasteiger charge is -2.35. The van der Waals surface area contributed by atoms with Gasteiger partial charge in [0.1, 0.15) is 16.8 Å². The molecule has 3 aromatic rings. The van der Waals surface area contributed by atoms with Gasteiger partial charge in [0, 0.05) is 12.6 Å². The Bertz CT molecular complexity index is 965. The number of rotatable bonds is 8. The highest BCUT2D eigenvalue weighted by molar-refractivity contribution is 7.14. The number of nitrogens with one attached hydrogen (secondary N) is 1. The van der Waals surface area contributed by atoms with Crippen molar-refractivity contribution >= 4 is 35.5 Å². The maximum Gasteiger partial charge on any atom is 0.138 e. The fourth-order valence-corrected chi connectivity index (χ4v) is 3.89. The van der Waals surface area contributed by atoms with Gasteiger partial charge in [-0.3, -0.25) is 20.3 Å². The van der Waals surface area contributed by atoms with Gasteiger partial charge in [0.05, 0.1) is 5.71 Å². The van der Waals surface area contributed by atoms with Crippen molar-refractivity contribution in [1.29, 1.82) is 0 Å². The lowest BCUT2D eigenvalue weighted by atomic mass is 9.90. The maximum absolute atomic E-state index is 7.02. The highest BCUT2D eigenvalue weighted by Gasteiger charge is 2.37. The van der Waals surface area contributed by atoms with Crippen molar-refractivity contribution < 1.29 is 0 Å². The van der Waals surface area contributed by atoms with Crippen LogP contribution in [-0.2, 0) is 5.66 Å². The van der Waals surface area contributed by atoms with E-state index in [1.54, 1.807) is 7.05 Å². The van der Waals surface area contributed by atoms with Gasteiger partial charge < -0.3 is 5.73 Å². The van der Waals surface area contributed by atoms with E-state index < -0.39 is 11.8 Å². The van der Waals surface area contributed by atoms with Crippen LogP contribution in [0.3, 0.4) is 0 Å². The SMILES string of the molecule is C=Nc1sccc1C(=NC)C(N)(NC(N=C)c1ccccc1)c1ccccc1. The van der Waals surface area contributed by atoms with E-state index in [2.05, 4.69) is 33.7 Å². The second-order valence-electron chi connectivity index (χ2n) is 6.18. The zero-order valence-electron chi connectivity index (χ0n) is 15.7. The van der Waals surface area contributed by atoms with Crippen LogP contribution in [0.5, 0.6) is 0 Å². The van der Waals surface area contributed by atoms with Crippen LogP contribution in [0.4, 0.5) is 5.00 Å². The van der Waals surface area contributed by atoms with E-state index in [1.165, 1.54) is 11.3 Å². The molecule has 142 valence electrons. The summed E-state index contributed by atoms with van der Waals surface area (Å²) in [5.74, 6) is 0. The molecular weight excluding hydrogens is 366 g/mol. The van der Waals surface area contributed by atoms with Crippen LogP contribution in [-0.4, -0.2) is 26.2 Å². The summed E-state index contributed by atoms with van der Waals surface area (Å²) in [6, 6.07) is 21.6. The van der Waals surface area contributed by atoms with Crippen molar-refractivity contribution in [2.45, 2.75) is 11.8 Å². The predicted molar refractivity (Wildman–Crippen MR) is 120 cm³/mol. The molecule has 0 radical (unpaired) electrons. The Labute approximate surface area is 169 Å². The first kappa shape index (κ1) is 19.8. The van der Waals surface area contributed by atoms with E-state index >= 15 is 0 Å². The first-order valence-electron chi connectivity index (χ1n) is 8.78. The van der Waals surface area contributed by atoms with Gasteiger partial charge in [0.2, 0.25) is 0 Å². The van der Waals surface area contributed by atoms with Crippen LogP contribution in [0.1, 0.15) is 22.9 Å². The summed E-state index contributed by atoms with van der Waals surface area (Å²) < 4.78 is 0. The quantitative estimate of drug-likeness (QED) is 0.445. The maximum atomic E-state index is 7.02. The highest BCUT2D eigenvalue weighted by Crippen LogP contribution is 2.33. The molecule has 2 atom stereocenters. The van der Waals surface area contributed by atoms with Gasteiger partial charge in [0.25, 0.3) is 0 Å². The molecule has 0 fully saturated rings. The van der Waals surface area contributed by atoms with Gasteiger partial charge in [-0.25, -0.2) is 0 Å². The van der Waals surface area contributed by atoms with Crippen LogP contribution in [0.15, 0.2) is 87.1 Å². The Morgan fingerprint density at radius 2 is 1.68 bits per heavy atom. The molecule has 3 N–H and O–H groups in total. The van der Waals surface area contributed by atoms with Crippen molar-refractivity contribution in [3.63, 3.8) is 0 Å². The first-order chi connectivity index (χ1) is 13.6. The number of nitrogens with zero attached hydrogens (tertiary/aromatic N) is 3. The zero-order valence-corrected chi connectivity index (χ0v) is 16.6. The number of benzene rings is 2. The van der Waals surface area contributed by atoms with Gasteiger partial charge in [-0.1, -0.05) is 60.7 Å². The molecule has 0 bridgehead atoms. The third kappa shape index (κ3) is 3.84. The van der Waals surface area contributed by atoms with Crippen molar-refractivity contribution in [3.8, 4) is 0 Å². The van der Waals surface area contributed by atoms with Crippen LogP contribution < -0.4 is 11.1 Å². The normalized spacial score (nSPS) is 14.9. The fourth-order valence-electron chi connectivity index (χ4n) is 3.19. The molecular formula is C22H23N5S. The number of hydrogen-bond acceptors (Lipinski definition) is 6. The molecule has 0 spiro atoms. The third-order valence-corrected chi connectivity index (χ3v) is 5.38. The number of aliphatic imine (C=N–C) groups is 3. The molecule has 0 saturated heterocycles. The van der Waals surface area contributed by atoms with Crippen LogP contribution >= 0.6 is 11.3 Å². The largest absolute Gasteiger partial charge is 0.304 e. The highest BCUT2D eigenvalue weighted by atomic mass is 32.1. The van der Waals surface area contributed by atoms with E-state index in [1.807, 2.05) is 72.1 Å². The summed E-state index contributed by atoms with van der Waals surface area (Å²) in [5.41, 5.74) is 9.23. The third-order valence-electron chi connectivity index (χ3n) is 4.53. The number of thiophene rings is 1. The van der Waals surface area contributed by atoms with E-state index in [-0.39, 0.29) is 0 Å². The average Bonchev–Trinajstić information content (AvgIpc) is 3.22. The molecule has 28 heavy (non-hydrogen) atoms. The molecule has 6 heteroatoms. The number of nitrogens with two attached hydrogens (primary N) is 1. The first-order valence-corrected chi connectivity index (χ1v) is 9.66. The van der Waals surface area contributed by atoms with E-state index in [4.69, 9.17) is 5.73 Å².